The first-order valence-corrected chi connectivity index (χ1v) is 9.62. The third-order valence-corrected chi connectivity index (χ3v) is 4.86. The highest BCUT2D eigenvalue weighted by atomic mass is 32.2. The minimum Gasteiger partial charge on any atom is -0.492 e. The average Bonchev–Trinajstić information content (AvgIpc) is 3.07. The van der Waals surface area contributed by atoms with Gasteiger partial charge in [0.1, 0.15) is 11.6 Å². The molecule has 0 radical (unpaired) electrons. The molecule has 2 aromatic carbocycles. The van der Waals surface area contributed by atoms with Crippen LogP contribution in [0.3, 0.4) is 0 Å². The molecule has 0 aliphatic heterocycles. The van der Waals surface area contributed by atoms with E-state index in [9.17, 15) is 10.1 Å². The van der Waals surface area contributed by atoms with E-state index in [0.29, 0.717) is 18.1 Å². The Kier molecular flexibility index (Phi) is 6.43. The first-order valence-electron chi connectivity index (χ1n) is 8.63. The Morgan fingerprint density at radius 3 is 2.70 bits per heavy atom. The minimum atomic E-state index is -0.431. The molecule has 0 saturated heterocycles. The van der Waals surface area contributed by atoms with Crippen molar-refractivity contribution in [2.75, 3.05) is 12.4 Å². The maximum absolute atomic E-state index is 10.8. The van der Waals surface area contributed by atoms with Gasteiger partial charge in [0.2, 0.25) is 0 Å². The van der Waals surface area contributed by atoms with Crippen LogP contribution < -0.4 is 4.74 Å². The van der Waals surface area contributed by atoms with E-state index in [-0.39, 0.29) is 5.69 Å². The van der Waals surface area contributed by atoms with Crippen molar-refractivity contribution in [3.63, 3.8) is 0 Å². The summed E-state index contributed by atoms with van der Waals surface area (Å²) >= 11 is 1.56. The molecule has 0 aliphatic carbocycles. The molecule has 0 fully saturated rings. The first kappa shape index (κ1) is 18.9. The second-order valence-electron chi connectivity index (χ2n) is 5.76. The molecule has 0 amide bonds. The number of hydrogen-bond donors (Lipinski definition) is 0. The highest BCUT2D eigenvalue weighted by Crippen LogP contribution is 2.21. The Bertz CT molecular complexity index is 899. The smallest absolute Gasteiger partial charge is 0.273 e. The fraction of sp³-hybridized carbons (Fsp3) is 0.263. The van der Waals surface area contributed by atoms with Gasteiger partial charge >= 0.3 is 0 Å². The Morgan fingerprint density at radius 2 is 1.96 bits per heavy atom. The predicted molar refractivity (Wildman–Crippen MR) is 104 cm³/mol. The third-order valence-electron chi connectivity index (χ3n) is 3.93. The van der Waals surface area contributed by atoms with Crippen molar-refractivity contribution in [2.24, 2.45) is 0 Å². The number of nitro groups is 1. The van der Waals surface area contributed by atoms with Crippen LogP contribution in [0, 0.1) is 10.1 Å². The van der Waals surface area contributed by atoms with E-state index in [1.54, 1.807) is 23.9 Å². The van der Waals surface area contributed by atoms with Crippen molar-refractivity contribution >= 4 is 17.4 Å². The third kappa shape index (κ3) is 5.07. The number of benzene rings is 2. The van der Waals surface area contributed by atoms with Gasteiger partial charge in [-0.25, -0.2) is 0 Å². The second-order valence-corrected chi connectivity index (χ2v) is 6.82. The topological polar surface area (TPSA) is 83.1 Å². The summed E-state index contributed by atoms with van der Waals surface area (Å²) in [5.74, 6) is 2.10. The molecule has 0 N–H and O–H groups in total. The Hall–Kier alpha value is -2.87. The molecular weight excluding hydrogens is 364 g/mol. The summed E-state index contributed by atoms with van der Waals surface area (Å²) in [6.07, 6.45) is 0.742. The van der Waals surface area contributed by atoms with E-state index in [1.165, 1.54) is 17.7 Å². The van der Waals surface area contributed by atoms with Crippen LogP contribution in [0.2, 0.25) is 0 Å². The van der Waals surface area contributed by atoms with Crippen molar-refractivity contribution in [3.8, 4) is 5.75 Å². The predicted octanol–water partition coefficient (Wildman–Crippen LogP) is 3.97. The van der Waals surface area contributed by atoms with E-state index in [4.69, 9.17) is 4.74 Å². The maximum Gasteiger partial charge on any atom is 0.273 e. The lowest BCUT2D eigenvalue weighted by molar-refractivity contribution is -0.384. The summed E-state index contributed by atoms with van der Waals surface area (Å²) in [7, 11) is 0. The zero-order valence-electron chi connectivity index (χ0n) is 14.9. The SMILES string of the molecule is CCn1c(Cc2ccccc2)nnc1SCCOc1cccc([N+](=O)[O-])c1. The molecule has 0 spiro atoms. The standard InChI is InChI=1S/C19H20N4O3S/c1-2-22-18(13-15-7-4-3-5-8-15)20-21-19(22)27-12-11-26-17-10-6-9-16(14-17)23(24)25/h3-10,14H,2,11-13H2,1H3. The van der Waals surface area contributed by atoms with Crippen LogP contribution in [0.4, 0.5) is 5.69 Å². The molecule has 3 rings (SSSR count). The molecule has 0 atom stereocenters. The zero-order valence-corrected chi connectivity index (χ0v) is 15.8. The van der Waals surface area contributed by atoms with Crippen LogP contribution in [0.25, 0.3) is 0 Å². The van der Waals surface area contributed by atoms with Crippen molar-refractivity contribution in [1.82, 2.24) is 14.8 Å². The summed E-state index contributed by atoms with van der Waals surface area (Å²) in [6, 6.07) is 16.4. The van der Waals surface area contributed by atoms with Gasteiger partial charge in [0.15, 0.2) is 5.16 Å². The fourth-order valence-corrected chi connectivity index (χ4v) is 3.47. The van der Waals surface area contributed by atoms with Crippen LogP contribution in [0.15, 0.2) is 59.8 Å². The number of aromatic nitrogens is 3. The number of non-ortho nitro benzene ring substituents is 1. The van der Waals surface area contributed by atoms with E-state index in [1.807, 2.05) is 18.2 Å². The van der Waals surface area contributed by atoms with Crippen LogP contribution in [-0.2, 0) is 13.0 Å². The lowest BCUT2D eigenvalue weighted by Gasteiger charge is -2.08. The number of nitrogens with zero attached hydrogens (tertiary/aromatic N) is 4. The van der Waals surface area contributed by atoms with Crippen molar-refractivity contribution in [1.29, 1.82) is 0 Å². The maximum atomic E-state index is 10.8. The van der Waals surface area contributed by atoms with Gasteiger partial charge in [-0.15, -0.1) is 10.2 Å². The molecule has 8 heteroatoms. The minimum absolute atomic E-state index is 0.0245. The summed E-state index contributed by atoms with van der Waals surface area (Å²) < 4.78 is 7.71. The van der Waals surface area contributed by atoms with Gasteiger partial charge in [0, 0.05) is 24.8 Å². The molecular formula is C19H20N4O3S. The van der Waals surface area contributed by atoms with Crippen LogP contribution in [0.5, 0.6) is 5.75 Å². The number of hydrogen-bond acceptors (Lipinski definition) is 6. The molecule has 0 bridgehead atoms. The molecule has 0 unspecified atom stereocenters. The monoisotopic (exact) mass is 384 g/mol. The number of rotatable bonds is 9. The molecule has 7 nitrogen and oxygen atoms in total. The lowest BCUT2D eigenvalue weighted by Crippen LogP contribution is -2.06. The normalized spacial score (nSPS) is 10.7. The lowest BCUT2D eigenvalue weighted by atomic mass is 10.1. The van der Waals surface area contributed by atoms with Crippen LogP contribution >= 0.6 is 11.8 Å². The van der Waals surface area contributed by atoms with Gasteiger partial charge in [0.25, 0.3) is 5.69 Å². The van der Waals surface area contributed by atoms with E-state index < -0.39 is 4.92 Å². The summed E-state index contributed by atoms with van der Waals surface area (Å²) in [4.78, 5) is 10.4. The zero-order chi connectivity index (χ0) is 19.1. The largest absolute Gasteiger partial charge is 0.492 e. The molecule has 0 aliphatic rings. The average molecular weight is 384 g/mol. The molecule has 3 aromatic rings. The second kappa shape index (κ2) is 9.18. The highest BCUT2D eigenvalue weighted by molar-refractivity contribution is 7.99. The van der Waals surface area contributed by atoms with E-state index in [2.05, 4.69) is 33.8 Å². The van der Waals surface area contributed by atoms with Gasteiger partial charge in [-0.3, -0.25) is 10.1 Å². The Labute approximate surface area is 161 Å². The van der Waals surface area contributed by atoms with Crippen molar-refractivity contribution < 1.29 is 9.66 Å². The number of nitro benzene ring substituents is 1. The van der Waals surface area contributed by atoms with E-state index >= 15 is 0 Å². The summed E-state index contributed by atoms with van der Waals surface area (Å²) in [6.45, 7) is 3.29. The molecule has 1 heterocycles. The van der Waals surface area contributed by atoms with Gasteiger partial charge in [0.05, 0.1) is 17.6 Å². The van der Waals surface area contributed by atoms with Gasteiger partial charge in [-0.2, -0.15) is 0 Å². The van der Waals surface area contributed by atoms with Crippen molar-refractivity contribution in [3.05, 3.63) is 76.1 Å². The molecule has 1 aromatic heterocycles. The fourth-order valence-electron chi connectivity index (χ4n) is 2.63. The Balaban J connectivity index is 1.55. The molecule has 0 saturated carbocycles. The Morgan fingerprint density at radius 1 is 1.15 bits per heavy atom. The van der Waals surface area contributed by atoms with Gasteiger partial charge in [-0.1, -0.05) is 48.2 Å². The summed E-state index contributed by atoms with van der Waals surface area (Å²) in [5.41, 5.74) is 1.22. The van der Waals surface area contributed by atoms with Crippen LogP contribution in [0.1, 0.15) is 18.3 Å². The quantitative estimate of drug-likeness (QED) is 0.240. The number of thioether (sulfide) groups is 1. The van der Waals surface area contributed by atoms with Gasteiger partial charge in [-0.05, 0) is 18.6 Å². The number of ether oxygens (including phenoxy) is 1. The highest BCUT2D eigenvalue weighted by Gasteiger charge is 2.12. The van der Waals surface area contributed by atoms with Crippen molar-refractivity contribution in [2.45, 2.75) is 25.0 Å². The van der Waals surface area contributed by atoms with Gasteiger partial charge < -0.3 is 9.30 Å². The summed E-state index contributed by atoms with van der Waals surface area (Å²) in [5, 5.41) is 20.3. The molecule has 140 valence electrons. The van der Waals surface area contributed by atoms with E-state index in [0.717, 1.165) is 23.9 Å². The first-order chi connectivity index (χ1) is 13.2. The molecule has 27 heavy (non-hydrogen) atoms. The van der Waals surface area contributed by atoms with Crippen LogP contribution in [-0.4, -0.2) is 32.0 Å².